The highest BCUT2D eigenvalue weighted by molar-refractivity contribution is 9.10. The van der Waals surface area contributed by atoms with E-state index in [1.807, 2.05) is 12.1 Å². The summed E-state index contributed by atoms with van der Waals surface area (Å²) in [5, 5.41) is 0. The van der Waals surface area contributed by atoms with E-state index in [0.29, 0.717) is 11.0 Å². The first kappa shape index (κ1) is 16.6. The van der Waals surface area contributed by atoms with Crippen LogP contribution in [0.5, 0.6) is 5.75 Å². The predicted molar refractivity (Wildman–Crippen MR) is 78.5 cm³/mol. The van der Waals surface area contributed by atoms with Gasteiger partial charge in [0.1, 0.15) is 5.75 Å². The van der Waals surface area contributed by atoms with Crippen molar-refractivity contribution in [3.63, 3.8) is 0 Å². The molecule has 0 radical (unpaired) electrons. The van der Waals surface area contributed by atoms with Gasteiger partial charge in [0.2, 0.25) is 0 Å². The summed E-state index contributed by atoms with van der Waals surface area (Å²) >= 11 is 3.27. The minimum atomic E-state index is -4.33. The lowest BCUT2D eigenvalue weighted by atomic mass is 10.1. The molecule has 0 aliphatic carbocycles. The van der Waals surface area contributed by atoms with Crippen molar-refractivity contribution in [2.75, 3.05) is 39.8 Å². The lowest BCUT2D eigenvalue weighted by Crippen LogP contribution is -2.43. The molecule has 1 fully saturated rings. The van der Waals surface area contributed by atoms with Crippen LogP contribution in [0.4, 0.5) is 13.2 Å². The van der Waals surface area contributed by atoms with Crippen molar-refractivity contribution in [1.29, 1.82) is 0 Å². The molecule has 0 bridgehead atoms. The van der Waals surface area contributed by atoms with Crippen LogP contribution in [-0.2, 0) is 6.54 Å². The van der Waals surface area contributed by atoms with Crippen LogP contribution < -0.4 is 4.74 Å². The molecular weight excluding hydrogens is 349 g/mol. The Morgan fingerprint density at radius 3 is 2.48 bits per heavy atom. The first-order valence-electron chi connectivity index (χ1n) is 6.73. The van der Waals surface area contributed by atoms with E-state index in [2.05, 4.69) is 32.8 Å². The zero-order valence-electron chi connectivity index (χ0n) is 11.8. The SMILES string of the molecule is CN1CCN(Cc2cccc(Br)c2OCC(F)(F)F)CC1. The monoisotopic (exact) mass is 366 g/mol. The number of rotatable bonds is 4. The Morgan fingerprint density at radius 2 is 1.86 bits per heavy atom. The van der Waals surface area contributed by atoms with E-state index in [9.17, 15) is 13.2 Å². The Labute approximate surface area is 130 Å². The normalized spacial score (nSPS) is 18.0. The third kappa shape index (κ3) is 5.16. The van der Waals surface area contributed by atoms with Crippen molar-refractivity contribution in [3.8, 4) is 5.75 Å². The van der Waals surface area contributed by atoms with E-state index in [4.69, 9.17) is 4.74 Å². The van der Waals surface area contributed by atoms with Gasteiger partial charge in [0.15, 0.2) is 6.61 Å². The number of ether oxygens (including phenoxy) is 1. The van der Waals surface area contributed by atoms with E-state index in [1.54, 1.807) is 6.07 Å². The van der Waals surface area contributed by atoms with Gasteiger partial charge in [-0.1, -0.05) is 12.1 Å². The summed E-state index contributed by atoms with van der Waals surface area (Å²) in [4.78, 5) is 4.46. The van der Waals surface area contributed by atoms with Crippen LogP contribution in [0.1, 0.15) is 5.56 Å². The molecule has 0 atom stereocenters. The van der Waals surface area contributed by atoms with Crippen molar-refractivity contribution in [2.45, 2.75) is 12.7 Å². The Morgan fingerprint density at radius 1 is 1.19 bits per heavy atom. The topological polar surface area (TPSA) is 15.7 Å². The molecule has 21 heavy (non-hydrogen) atoms. The molecule has 1 aliphatic rings. The van der Waals surface area contributed by atoms with Gasteiger partial charge in [0, 0.05) is 38.3 Å². The van der Waals surface area contributed by atoms with E-state index < -0.39 is 12.8 Å². The standard InChI is InChI=1S/C14H18BrF3N2O/c1-19-5-7-20(8-6-19)9-11-3-2-4-12(15)13(11)21-10-14(16,17)18/h2-4H,5-10H2,1H3. The van der Waals surface area contributed by atoms with Gasteiger partial charge in [-0.05, 0) is 29.0 Å². The molecule has 1 aliphatic heterocycles. The quantitative estimate of drug-likeness (QED) is 0.813. The molecule has 0 N–H and O–H groups in total. The van der Waals surface area contributed by atoms with Crippen LogP contribution in [0.2, 0.25) is 0 Å². The van der Waals surface area contributed by atoms with Crippen LogP contribution in [0.25, 0.3) is 0 Å². The van der Waals surface area contributed by atoms with Gasteiger partial charge in [0.25, 0.3) is 0 Å². The van der Waals surface area contributed by atoms with Crippen LogP contribution in [0.3, 0.4) is 0 Å². The molecule has 0 amide bonds. The minimum Gasteiger partial charge on any atom is -0.483 e. The van der Waals surface area contributed by atoms with E-state index in [1.165, 1.54) is 0 Å². The lowest BCUT2D eigenvalue weighted by Gasteiger charge is -2.32. The van der Waals surface area contributed by atoms with Gasteiger partial charge in [-0.2, -0.15) is 13.2 Å². The van der Waals surface area contributed by atoms with Gasteiger partial charge in [-0.25, -0.2) is 0 Å². The summed E-state index contributed by atoms with van der Waals surface area (Å²) in [6, 6.07) is 5.32. The molecule has 1 saturated heterocycles. The van der Waals surface area contributed by atoms with Gasteiger partial charge in [-0.3, -0.25) is 4.90 Å². The van der Waals surface area contributed by atoms with Crippen LogP contribution in [-0.4, -0.2) is 55.8 Å². The summed E-state index contributed by atoms with van der Waals surface area (Å²) in [7, 11) is 2.06. The first-order valence-corrected chi connectivity index (χ1v) is 7.52. The molecule has 2 rings (SSSR count). The second-order valence-corrected chi connectivity index (χ2v) is 6.07. The number of benzene rings is 1. The fraction of sp³-hybridized carbons (Fsp3) is 0.571. The molecule has 0 saturated carbocycles. The van der Waals surface area contributed by atoms with Gasteiger partial charge in [-0.15, -0.1) is 0 Å². The fourth-order valence-electron chi connectivity index (χ4n) is 2.24. The number of hydrogen-bond donors (Lipinski definition) is 0. The Balaban J connectivity index is 2.06. The van der Waals surface area contributed by atoms with E-state index in [-0.39, 0.29) is 5.75 Å². The molecule has 0 unspecified atom stereocenters. The van der Waals surface area contributed by atoms with Crippen molar-refractivity contribution in [1.82, 2.24) is 9.80 Å². The maximum Gasteiger partial charge on any atom is 0.422 e. The molecule has 7 heteroatoms. The summed E-state index contributed by atoms with van der Waals surface area (Å²) in [6.45, 7) is 3.06. The summed E-state index contributed by atoms with van der Waals surface area (Å²) in [5.41, 5.74) is 0.776. The van der Waals surface area contributed by atoms with Gasteiger partial charge >= 0.3 is 6.18 Å². The van der Waals surface area contributed by atoms with Crippen LogP contribution in [0.15, 0.2) is 22.7 Å². The van der Waals surface area contributed by atoms with Gasteiger partial charge in [0.05, 0.1) is 4.47 Å². The summed E-state index contributed by atoms with van der Waals surface area (Å²) < 4.78 is 42.6. The molecule has 0 spiro atoms. The highest BCUT2D eigenvalue weighted by atomic mass is 79.9. The molecule has 0 aromatic heterocycles. The highest BCUT2D eigenvalue weighted by Crippen LogP contribution is 2.31. The molecule has 3 nitrogen and oxygen atoms in total. The number of nitrogens with zero attached hydrogens (tertiary/aromatic N) is 2. The van der Waals surface area contributed by atoms with Crippen molar-refractivity contribution in [3.05, 3.63) is 28.2 Å². The number of hydrogen-bond acceptors (Lipinski definition) is 3. The number of likely N-dealkylation sites (N-methyl/N-ethyl adjacent to an activating group) is 1. The third-order valence-corrected chi connectivity index (χ3v) is 4.04. The van der Waals surface area contributed by atoms with Crippen molar-refractivity contribution >= 4 is 15.9 Å². The predicted octanol–water partition coefficient (Wildman–Crippen LogP) is 3.14. The first-order chi connectivity index (χ1) is 9.85. The second-order valence-electron chi connectivity index (χ2n) is 5.21. The molecule has 1 aromatic carbocycles. The Bertz CT molecular complexity index is 474. The summed E-state index contributed by atoms with van der Waals surface area (Å²) in [5.74, 6) is 0.286. The third-order valence-electron chi connectivity index (χ3n) is 3.42. The van der Waals surface area contributed by atoms with Crippen LogP contribution >= 0.6 is 15.9 Å². The maximum absolute atomic E-state index is 12.4. The average Bonchev–Trinajstić information content (AvgIpc) is 2.39. The van der Waals surface area contributed by atoms with E-state index in [0.717, 1.165) is 31.7 Å². The highest BCUT2D eigenvalue weighted by Gasteiger charge is 2.29. The maximum atomic E-state index is 12.4. The number of alkyl halides is 3. The van der Waals surface area contributed by atoms with Crippen molar-refractivity contribution in [2.24, 2.45) is 0 Å². The number of para-hydroxylation sites is 1. The molecule has 118 valence electrons. The lowest BCUT2D eigenvalue weighted by molar-refractivity contribution is -0.153. The number of piperazine rings is 1. The Kier molecular flexibility index (Phi) is 5.51. The number of halogens is 4. The van der Waals surface area contributed by atoms with E-state index >= 15 is 0 Å². The Hall–Kier alpha value is -0.790. The zero-order valence-corrected chi connectivity index (χ0v) is 13.4. The zero-order chi connectivity index (χ0) is 15.5. The van der Waals surface area contributed by atoms with Gasteiger partial charge < -0.3 is 9.64 Å². The molecular formula is C14H18BrF3N2O. The fourth-order valence-corrected chi connectivity index (χ4v) is 2.76. The second kappa shape index (κ2) is 6.98. The summed E-state index contributed by atoms with van der Waals surface area (Å²) in [6.07, 6.45) is -4.33. The minimum absolute atomic E-state index is 0.286. The molecule has 1 aromatic rings. The largest absolute Gasteiger partial charge is 0.483 e. The average molecular weight is 367 g/mol. The molecule has 1 heterocycles. The van der Waals surface area contributed by atoms with Crippen LogP contribution in [0, 0.1) is 0 Å². The smallest absolute Gasteiger partial charge is 0.422 e. The van der Waals surface area contributed by atoms with Crippen molar-refractivity contribution < 1.29 is 17.9 Å².